The molecule has 0 aliphatic heterocycles. The van der Waals surface area contributed by atoms with Crippen molar-refractivity contribution < 1.29 is 4.79 Å². The molecule has 1 unspecified atom stereocenters. The van der Waals surface area contributed by atoms with Crippen LogP contribution in [0.25, 0.3) is 0 Å². The standard InChI is InChI=1S/C16H26N2O/c1-12(2)16(14-9-6-5-8-13(14)3)18-15(19)10-7-11-17-4/h5-6,8-9,12,16-17H,7,10-11H2,1-4H3,(H,18,19). The number of carbonyl (C=O) groups is 1. The summed E-state index contributed by atoms with van der Waals surface area (Å²) in [7, 11) is 1.90. The summed E-state index contributed by atoms with van der Waals surface area (Å²) in [4.78, 5) is 12.0. The average molecular weight is 262 g/mol. The molecule has 0 fully saturated rings. The normalized spacial score (nSPS) is 12.5. The summed E-state index contributed by atoms with van der Waals surface area (Å²) in [6.45, 7) is 7.26. The zero-order valence-electron chi connectivity index (χ0n) is 12.5. The number of nitrogens with one attached hydrogen (secondary N) is 2. The van der Waals surface area contributed by atoms with E-state index in [2.05, 4.69) is 43.5 Å². The molecule has 0 spiro atoms. The van der Waals surface area contributed by atoms with Crippen molar-refractivity contribution in [1.82, 2.24) is 10.6 Å². The Morgan fingerprint density at radius 3 is 2.53 bits per heavy atom. The Labute approximate surface area is 116 Å². The lowest BCUT2D eigenvalue weighted by Gasteiger charge is -2.24. The van der Waals surface area contributed by atoms with Gasteiger partial charge in [0.2, 0.25) is 5.91 Å². The summed E-state index contributed by atoms with van der Waals surface area (Å²) >= 11 is 0. The molecule has 0 saturated heterocycles. The van der Waals surface area contributed by atoms with E-state index in [9.17, 15) is 4.79 Å². The zero-order valence-corrected chi connectivity index (χ0v) is 12.5. The third kappa shape index (κ3) is 5.03. The number of benzene rings is 1. The van der Waals surface area contributed by atoms with Crippen molar-refractivity contribution in [3.05, 3.63) is 35.4 Å². The molecule has 3 nitrogen and oxygen atoms in total. The highest BCUT2D eigenvalue weighted by Gasteiger charge is 2.19. The van der Waals surface area contributed by atoms with E-state index >= 15 is 0 Å². The van der Waals surface area contributed by atoms with Crippen molar-refractivity contribution >= 4 is 5.91 Å². The van der Waals surface area contributed by atoms with Crippen LogP contribution in [-0.4, -0.2) is 19.5 Å². The van der Waals surface area contributed by atoms with E-state index in [1.165, 1.54) is 11.1 Å². The van der Waals surface area contributed by atoms with E-state index in [4.69, 9.17) is 0 Å². The first-order valence-corrected chi connectivity index (χ1v) is 7.05. The zero-order chi connectivity index (χ0) is 14.3. The fourth-order valence-electron chi connectivity index (χ4n) is 2.21. The van der Waals surface area contributed by atoms with E-state index in [1.54, 1.807) is 0 Å². The summed E-state index contributed by atoms with van der Waals surface area (Å²) in [5.41, 5.74) is 2.45. The number of carbonyl (C=O) groups excluding carboxylic acids is 1. The highest BCUT2D eigenvalue weighted by Crippen LogP contribution is 2.24. The largest absolute Gasteiger partial charge is 0.349 e. The molecule has 1 amide bonds. The van der Waals surface area contributed by atoms with Crippen LogP contribution in [0.1, 0.15) is 43.9 Å². The van der Waals surface area contributed by atoms with Crippen LogP contribution < -0.4 is 10.6 Å². The SMILES string of the molecule is CNCCCC(=O)NC(c1ccccc1C)C(C)C. The second-order valence-corrected chi connectivity index (χ2v) is 5.35. The minimum Gasteiger partial charge on any atom is -0.349 e. The van der Waals surface area contributed by atoms with Gasteiger partial charge in [-0.3, -0.25) is 4.79 Å². The van der Waals surface area contributed by atoms with Crippen LogP contribution in [0.4, 0.5) is 0 Å². The van der Waals surface area contributed by atoms with Gasteiger partial charge in [-0.1, -0.05) is 38.1 Å². The molecule has 1 aromatic rings. The van der Waals surface area contributed by atoms with E-state index in [1.807, 2.05) is 19.2 Å². The van der Waals surface area contributed by atoms with E-state index in [0.717, 1.165) is 13.0 Å². The van der Waals surface area contributed by atoms with Crippen molar-refractivity contribution in [2.75, 3.05) is 13.6 Å². The maximum absolute atomic E-state index is 12.0. The Morgan fingerprint density at radius 1 is 1.26 bits per heavy atom. The highest BCUT2D eigenvalue weighted by atomic mass is 16.1. The van der Waals surface area contributed by atoms with Gasteiger partial charge in [0.15, 0.2) is 0 Å². The van der Waals surface area contributed by atoms with Crippen LogP contribution in [0.15, 0.2) is 24.3 Å². The number of amides is 1. The van der Waals surface area contributed by atoms with Crippen molar-refractivity contribution in [2.24, 2.45) is 5.92 Å². The van der Waals surface area contributed by atoms with E-state index < -0.39 is 0 Å². The molecule has 3 heteroatoms. The van der Waals surface area contributed by atoms with Gasteiger partial charge in [0.05, 0.1) is 6.04 Å². The van der Waals surface area contributed by atoms with Crippen LogP contribution in [0.5, 0.6) is 0 Å². The molecule has 0 radical (unpaired) electrons. The molecular formula is C16H26N2O. The van der Waals surface area contributed by atoms with Crippen molar-refractivity contribution in [1.29, 1.82) is 0 Å². The molecule has 0 aliphatic rings. The fraction of sp³-hybridized carbons (Fsp3) is 0.562. The lowest BCUT2D eigenvalue weighted by Crippen LogP contribution is -2.32. The lowest BCUT2D eigenvalue weighted by atomic mass is 9.92. The van der Waals surface area contributed by atoms with Gasteiger partial charge in [-0.25, -0.2) is 0 Å². The maximum Gasteiger partial charge on any atom is 0.220 e. The number of aryl methyl sites for hydroxylation is 1. The summed E-state index contributed by atoms with van der Waals surface area (Å²) in [5.74, 6) is 0.520. The van der Waals surface area contributed by atoms with Gasteiger partial charge >= 0.3 is 0 Å². The monoisotopic (exact) mass is 262 g/mol. The molecule has 106 valence electrons. The molecule has 0 heterocycles. The van der Waals surface area contributed by atoms with Crippen molar-refractivity contribution in [2.45, 2.75) is 39.7 Å². The van der Waals surface area contributed by atoms with Gasteiger partial charge in [0, 0.05) is 6.42 Å². The van der Waals surface area contributed by atoms with E-state index in [-0.39, 0.29) is 11.9 Å². The number of hydrogen-bond donors (Lipinski definition) is 2. The van der Waals surface area contributed by atoms with E-state index in [0.29, 0.717) is 12.3 Å². The third-order valence-corrected chi connectivity index (χ3v) is 3.34. The minimum atomic E-state index is 0.100. The Hall–Kier alpha value is -1.35. The Bertz CT molecular complexity index is 401. The second kappa shape index (κ2) is 7.95. The Balaban J connectivity index is 2.69. The Morgan fingerprint density at radius 2 is 1.95 bits per heavy atom. The molecular weight excluding hydrogens is 236 g/mol. The van der Waals surface area contributed by atoms with Gasteiger partial charge in [-0.15, -0.1) is 0 Å². The third-order valence-electron chi connectivity index (χ3n) is 3.34. The molecule has 1 rings (SSSR count). The molecule has 2 N–H and O–H groups in total. The maximum atomic E-state index is 12.0. The quantitative estimate of drug-likeness (QED) is 0.742. The number of rotatable bonds is 7. The molecule has 19 heavy (non-hydrogen) atoms. The molecule has 0 saturated carbocycles. The predicted octanol–water partition coefficient (Wildman–Crippen LogP) is 2.81. The molecule has 0 bridgehead atoms. The summed E-state index contributed by atoms with van der Waals surface area (Å²) < 4.78 is 0. The van der Waals surface area contributed by atoms with Crippen molar-refractivity contribution in [3.63, 3.8) is 0 Å². The molecule has 0 aromatic heterocycles. The van der Waals surface area contributed by atoms with Gasteiger partial charge in [-0.05, 0) is 44.0 Å². The van der Waals surface area contributed by atoms with Crippen LogP contribution in [0, 0.1) is 12.8 Å². The average Bonchev–Trinajstić information content (AvgIpc) is 2.37. The summed E-state index contributed by atoms with van der Waals surface area (Å²) in [5, 5.41) is 6.23. The smallest absolute Gasteiger partial charge is 0.220 e. The van der Waals surface area contributed by atoms with Gasteiger partial charge in [-0.2, -0.15) is 0 Å². The first kappa shape index (κ1) is 15.7. The Kier molecular flexibility index (Phi) is 6.57. The number of hydrogen-bond acceptors (Lipinski definition) is 2. The summed E-state index contributed by atoms with van der Waals surface area (Å²) in [6, 6.07) is 8.37. The van der Waals surface area contributed by atoms with Crippen LogP contribution in [-0.2, 0) is 4.79 Å². The lowest BCUT2D eigenvalue weighted by molar-refractivity contribution is -0.122. The first-order valence-electron chi connectivity index (χ1n) is 7.05. The van der Waals surface area contributed by atoms with Gasteiger partial charge < -0.3 is 10.6 Å². The van der Waals surface area contributed by atoms with Crippen LogP contribution >= 0.6 is 0 Å². The predicted molar refractivity (Wildman–Crippen MR) is 80.1 cm³/mol. The first-order chi connectivity index (χ1) is 9.06. The fourth-order valence-corrected chi connectivity index (χ4v) is 2.21. The highest BCUT2D eigenvalue weighted by molar-refractivity contribution is 5.76. The molecule has 1 atom stereocenters. The van der Waals surface area contributed by atoms with Gasteiger partial charge in [0.25, 0.3) is 0 Å². The van der Waals surface area contributed by atoms with Crippen molar-refractivity contribution in [3.8, 4) is 0 Å². The molecule has 0 aliphatic carbocycles. The van der Waals surface area contributed by atoms with Gasteiger partial charge in [0.1, 0.15) is 0 Å². The molecule has 1 aromatic carbocycles. The van der Waals surface area contributed by atoms with Crippen LogP contribution in [0.3, 0.4) is 0 Å². The summed E-state index contributed by atoms with van der Waals surface area (Å²) in [6.07, 6.45) is 1.46. The topological polar surface area (TPSA) is 41.1 Å². The van der Waals surface area contributed by atoms with Crippen LogP contribution in [0.2, 0.25) is 0 Å². The second-order valence-electron chi connectivity index (χ2n) is 5.35. The minimum absolute atomic E-state index is 0.100.